The van der Waals surface area contributed by atoms with Crippen molar-refractivity contribution >= 4 is 33.8 Å². The van der Waals surface area contributed by atoms with Crippen LogP contribution in [-0.4, -0.2) is 7.05 Å². The molecule has 0 saturated heterocycles. The number of aryl methyl sites for hydroxylation is 1. The Morgan fingerprint density at radius 2 is 1.84 bits per heavy atom. The van der Waals surface area contributed by atoms with E-state index in [0.717, 1.165) is 10.9 Å². The lowest BCUT2D eigenvalue weighted by Crippen LogP contribution is -1.95. The lowest BCUT2D eigenvalue weighted by Gasteiger charge is -2.10. The Morgan fingerprint density at radius 1 is 1.05 bits per heavy atom. The number of benzene rings is 2. The van der Waals surface area contributed by atoms with Crippen LogP contribution in [0.3, 0.4) is 0 Å². The molecular formula is C17H18BrN. The second-order valence-electron chi connectivity index (χ2n) is 4.34. The Morgan fingerprint density at radius 3 is 2.53 bits per heavy atom. The Balaban J connectivity index is 2.40. The number of anilines is 1. The fourth-order valence-corrected chi connectivity index (χ4v) is 2.54. The van der Waals surface area contributed by atoms with E-state index in [4.69, 9.17) is 0 Å². The van der Waals surface area contributed by atoms with Crippen LogP contribution >= 0.6 is 15.9 Å². The van der Waals surface area contributed by atoms with E-state index in [0.29, 0.717) is 0 Å². The van der Waals surface area contributed by atoms with E-state index in [1.165, 1.54) is 22.4 Å². The van der Waals surface area contributed by atoms with E-state index < -0.39 is 0 Å². The van der Waals surface area contributed by atoms with E-state index in [1.54, 1.807) is 0 Å². The molecule has 0 aliphatic carbocycles. The lowest BCUT2D eigenvalue weighted by atomic mass is 10.0. The molecule has 0 amide bonds. The van der Waals surface area contributed by atoms with E-state index in [2.05, 4.69) is 76.7 Å². The van der Waals surface area contributed by atoms with E-state index in [9.17, 15) is 0 Å². The van der Waals surface area contributed by atoms with Crippen molar-refractivity contribution in [1.29, 1.82) is 0 Å². The van der Waals surface area contributed by atoms with E-state index in [-0.39, 0.29) is 0 Å². The van der Waals surface area contributed by atoms with Gasteiger partial charge in [0.05, 0.1) is 0 Å². The Labute approximate surface area is 123 Å². The molecule has 19 heavy (non-hydrogen) atoms. The maximum absolute atomic E-state index is 3.57. The molecule has 2 heteroatoms. The summed E-state index contributed by atoms with van der Waals surface area (Å²) in [7, 11) is 1.96. The van der Waals surface area contributed by atoms with Crippen LogP contribution in [0.4, 0.5) is 5.69 Å². The summed E-state index contributed by atoms with van der Waals surface area (Å²) < 4.78 is 1.12. The van der Waals surface area contributed by atoms with Gasteiger partial charge in [-0.25, -0.2) is 0 Å². The third-order valence-corrected chi connectivity index (χ3v) is 3.90. The monoisotopic (exact) mass is 315 g/mol. The molecule has 1 N–H and O–H groups in total. The van der Waals surface area contributed by atoms with Gasteiger partial charge in [0, 0.05) is 22.8 Å². The lowest BCUT2D eigenvalue weighted by molar-refractivity contribution is 1.13. The maximum Gasteiger partial charge on any atom is 0.0413 e. The van der Waals surface area contributed by atoms with Gasteiger partial charge in [0.25, 0.3) is 0 Å². The summed E-state index contributed by atoms with van der Waals surface area (Å²) in [4.78, 5) is 0. The maximum atomic E-state index is 3.57. The van der Waals surface area contributed by atoms with E-state index >= 15 is 0 Å². The Kier molecular flexibility index (Phi) is 4.80. The molecule has 0 bridgehead atoms. The second kappa shape index (κ2) is 6.58. The molecule has 0 saturated carbocycles. The third kappa shape index (κ3) is 3.27. The summed E-state index contributed by atoms with van der Waals surface area (Å²) >= 11 is 3.57. The Bertz CT molecular complexity index is 565. The largest absolute Gasteiger partial charge is 0.388 e. The molecule has 0 atom stereocenters. The zero-order valence-corrected chi connectivity index (χ0v) is 12.9. The fraction of sp³-hybridized carbons (Fsp3) is 0.176. The number of rotatable bonds is 4. The summed E-state index contributed by atoms with van der Waals surface area (Å²) in [6.45, 7) is 2.19. The molecule has 0 radical (unpaired) electrons. The van der Waals surface area contributed by atoms with Gasteiger partial charge in [-0.15, -0.1) is 0 Å². The molecule has 0 aromatic heterocycles. The highest BCUT2D eigenvalue weighted by Gasteiger charge is 2.03. The van der Waals surface area contributed by atoms with Gasteiger partial charge in [0.2, 0.25) is 0 Å². The highest BCUT2D eigenvalue weighted by Crippen LogP contribution is 2.24. The molecule has 2 aromatic carbocycles. The molecule has 0 aliphatic heterocycles. The first-order valence-corrected chi connectivity index (χ1v) is 7.27. The van der Waals surface area contributed by atoms with Gasteiger partial charge in [-0.1, -0.05) is 65.3 Å². The summed E-state index contributed by atoms with van der Waals surface area (Å²) in [5.41, 5.74) is 4.98. The zero-order chi connectivity index (χ0) is 13.7. The average Bonchev–Trinajstić information content (AvgIpc) is 2.46. The van der Waals surface area contributed by atoms with Crippen molar-refractivity contribution in [3.8, 4) is 0 Å². The van der Waals surface area contributed by atoms with Crippen LogP contribution in [0.2, 0.25) is 0 Å². The van der Waals surface area contributed by atoms with Gasteiger partial charge in [-0.2, -0.15) is 0 Å². The fourth-order valence-electron chi connectivity index (χ4n) is 2.12. The molecule has 2 rings (SSSR count). The van der Waals surface area contributed by atoms with Crippen LogP contribution in [0.5, 0.6) is 0 Å². The minimum atomic E-state index is 1.03. The van der Waals surface area contributed by atoms with Gasteiger partial charge in [0.15, 0.2) is 0 Å². The van der Waals surface area contributed by atoms with Crippen LogP contribution in [0.1, 0.15) is 23.6 Å². The van der Waals surface area contributed by atoms with Gasteiger partial charge in [-0.05, 0) is 29.7 Å². The average molecular weight is 316 g/mol. The molecule has 98 valence electrons. The summed E-state index contributed by atoms with van der Waals surface area (Å²) in [5, 5.41) is 3.26. The molecule has 0 heterocycles. The summed E-state index contributed by atoms with van der Waals surface area (Å²) in [6, 6.07) is 14.6. The van der Waals surface area contributed by atoms with Crippen LogP contribution < -0.4 is 5.32 Å². The normalized spacial score (nSPS) is 10.9. The minimum absolute atomic E-state index is 1.03. The molecule has 0 unspecified atom stereocenters. The highest BCUT2D eigenvalue weighted by atomic mass is 79.9. The zero-order valence-electron chi connectivity index (χ0n) is 11.3. The molecule has 0 aliphatic rings. The number of hydrogen-bond acceptors (Lipinski definition) is 1. The molecule has 2 aromatic rings. The van der Waals surface area contributed by atoms with Crippen molar-refractivity contribution in [2.24, 2.45) is 0 Å². The van der Waals surface area contributed by atoms with Crippen LogP contribution in [0, 0.1) is 0 Å². The number of hydrogen-bond donors (Lipinski definition) is 1. The summed E-state index contributed by atoms with van der Waals surface area (Å²) in [5.74, 6) is 0. The summed E-state index contributed by atoms with van der Waals surface area (Å²) in [6.07, 6.45) is 5.37. The quantitative estimate of drug-likeness (QED) is 0.762. The van der Waals surface area contributed by atoms with Crippen molar-refractivity contribution in [2.75, 3.05) is 12.4 Å². The highest BCUT2D eigenvalue weighted by molar-refractivity contribution is 9.10. The van der Waals surface area contributed by atoms with Crippen molar-refractivity contribution in [2.45, 2.75) is 13.3 Å². The number of nitrogens with one attached hydrogen (secondary N) is 1. The number of halogens is 1. The standard InChI is InChI=1S/C17H18BrN/c1-3-13-8-6-10-17(19-2)15(13)12-11-14-7-4-5-9-16(14)18/h4-12,19H,3H2,1-2H3/b12-11+. The SMILES string of the molecule is CCc1cccc(NC)c1/C=C/c1ccccc1Br. The predicted molar refractivity (Wildman–Crippen MR) is 88.4 cm³/mol. The van der Waals surface area contributed by atoms with Crippen molar-refractivity contribution in [3.05, 3.63) is 63.6 Å². The second-order valence-corrected chi connectivity index (χ2v) is 5.19. The van der Waals surface area contributed by atoms with Crippen LogP contribution in [0.25, 0.3) is 12.2 Å². The van der Waals surface area contributed by atoms with Crippen LogP contribution in [0.15, 0.2) is 46.9 Å². The molecule has 1 nitrogen and oxygen atoms in total. The van der Waals surface area contributed by atoms with Crippen molar-refractivity contribution in [3.63, 3.8) is 0 Å². The first-order valence-electron chi connectivity index (χ1n) is 6.48. The van der Waals surface area contributed by atoms with Gasteiger partial charge >= 0.3 is 0 Å². The van der Waals surface area contributed by atoms with E-state index in [1.807, 2.05) is 13.1 Å². The molecule has 0 fully saturated rings. The van der Waals surface area contributed by atoms with Gasteiger partial charge < -0.3 is 5.32 Å². The first-order chi connectivity index (χ1) is 9.26. The Hall–Kier alpha value is -1.54. The smallest absolute Gasteiger partial charge is 0.0413 e. The first kappa shape index (κ1) is 13.9. The molecule has 0 spiro atoms. The topological polar surface area (TPSA) is 12.0 Å². The van der Waals surface area contributed by atoms with Crippen molar-refractivity contribution in [1.82, 2.24) is 0 Å². The van der Waals surface area contributed by atoms with Gasteiger partial charge in [0.1, 0.15) is 0 Å². The van der Waals surface area contributed by atoms with Crippen molar-refractivity contribution < 1.29 is 0 Å². The predicted octanol–water partition coefficient (Wildman–Crippen LogP) is 5.22. The van der Waals surface area contributed by atoms with Gasteiger partial charge in [-0.3, -0.25) is 0 Å². The third-order valence-electron chi connectivity index (χ3n) is 3.18. The van der Waals surface area contributed by atoms with Crippen LogP contribution in [-0.2, 0) is 6.42 Å². The molecular weight excluding hydrogens is 298 g/mol. The minimum Gasteiger partial charge on any atom is -0.388 e.